The van der Waals surface area contributed by atoms with Gasteiger partial charge in [-0.15, -0.1) is 0 Å². The molecule has 0 unspecified atom stereocenters. The fraction of sp³-hybridized carbons (Fsp3) is 0.364. The Morgan fingerprint density at radius 3 is 2.40 bits per heavy atom. The molecule has 0 radical (unpaired) electrons. The van der Waals surface area contributed by atoms with E-state index in [1.807, 2.05) is 5.32 Å². The smallest absolute Gasteiger partial charge is 0.408 e. The Balaban J connectivity index is 3.25. The highest BCUT2D eigenvalue weighted by Gasteiger charge is 2.39. The van der Waals surface area contributed by atoms with Crippen LogP contribution in [0.2, 0.25) is 0 Å². The maximum absolute atomic E-state index is 13.6. The topological polar surface area (TPSA) is 49.3 Å². The number of carbonyl (C=O) groups is 1. The van der Waals surface area contributed by atoms with Crippen molar-refractivity contribution in [1.29, 1.82) is 0 Å². The quantitative estimate of drug-likeness (QED) is 0.624. The summed E-state index contributed by atoms with van der Waals surface area (Å²) in [5, 5.41) is 10.6. The molecule has 0 spiro atoms. The largest absolute Gasteiger partial charge is 0.477 e. The highest BCUT2D eigenvalue weighted by molar-refractivity contribution is 9.10. The van der Waals surface area contributed by atoms with Gasteiger partial charge in [0.05, 0.1) is 10.2 Å². The molecular weight excluding hydrogens is 353 g/mol. The second kappa shape index (κ2) is 5.94. The molecule has 3 nitrogen and oxygen atoms in total. The zero-order valence-corrected chi connectivity index (χ0v) is 11.6. The monoisotopic (exact) mass is 361 g/mol. The maximum atomic E-state index is 13.6. The molecule has 2 N–H and O–H groups in total. The maximum Gasteiger partial charge on any atom is 0.408 e. The summed E-state index contributed by atoms with van der Waals surface area (Å²) in [6.45, 7) is 1.25. The van der Waals surface area contributed by atoms with E-state index < -0.39 is 45.5 Å². The molecule has 0 aliphatic carbocycles. The van der Waals surface area contributed by atoms with Crippen LogP contribution in [-0.4, -0.2) is 23.3 Å². The molecule has 9 heteroatoms. The Morgan fingerprint density at radius 1 is 1.45 bits per heavy atom. The van der Waals surface area contributed by atoms with Crippen molar-refractivity contribution in [2.75, 3.05) is 5.32 Å². The third-order valence-electron chi connectivity index (χ3n) is 2.51. The average Bonchev–Trinajstić information content (AvgIpc) is 2.29. The number of rotatable bonds is 4. The first-order valence-electron chi connectivity index (χ1n) is 5.33. The van der Waals surface area contributed by atoms with Crippen molar-refractivity contribution in [3.8, 4) is 0 Å². The average molecular weight is 362 g/mol. The highest BCUT2D eigenvalue weighted by atomic mass is 79.9. The summed E-state index contributed by atoms with van der Waals surface area (Å²) < 4.78 is 64.3. The van der Waals surface area contributed by atoms with E-state index in [0.717, 1.165) is 0 Å². The summed E-state index contributed by atoms with van der Waals surface area (Å²) in [5.41, 5.74) is -1.74. The van der Waals surface area contributed by atoms with Crippen LogP contribution in [0.1, 0.15) is 23.7 Å². The van der Waals surface area contributed by atoms with Crippen LogP contribution in [0, 0.1) is 11.6 Å². The van der Waals surface area contributed by atoms with Crippen molar-refractivity contribution < 1.29 is 31.9 Å². The number of nitrogens with one attached hydrogen (secondary N) is 1. The number of carboxylic acids is 1. The van der Waals surface area contributed by atoms with E-state index in [1.165, 1.54) is 6.92 Å². The van der Waals surface area contributed by atoms with Gasteiger partial charge in [0.15, 0.2) is 5.82 Å². The van der Waals surface area contributed by atoms with Crippen molar-refractivity contribution in [2.24, 2.45) is 0 Å². The SMILES string of the molecule is CC[C@@H](Nc1cc(F)c(C(=O)O)c(F)c1Br)C(F)(F)F. The van der Waals surface area contributed by atoms with Crippen LogP contribution in [0.25, 0.3) is 0 Å². The van der Waals surface area contributed by atoms with Gasteiger partial charge in [-0.1, -0.05) is 6.92 Å². The van der Waals surface area contributed by atoms with Gasteiger partial charge in [0, 0.05) is 0 Å². The van der Waals surface area contributed by atoms with E-state index in [2.05, 4.69) is 15.9 Å². The minimum atomic E-state index is -4.60. The van der Waals surface area contributed by atoms with Crippen LogP contribution in [0.15, 0.2) is 10.5 Å². The van der Waals surface area contributed by atoms with Gasteiger partial charge in [-0.3, -0.25) is 0 Å². The minimum Gasteiger partial charge on any atom is -0.477 e. The fourth-order valence-electron chi connectivity index (χ4n) is 1.50. The molecule has 0 saturated heterocycles. The van der Waals surface area contributed by atoms with E-state index in [4.69, 9.17) is 5.11 Å². The fourth-order valence-corrected chi connectivity index (χ4v) is 1.93. The lowest BCUT2D eigenvalue weighted by molar-refractivity contribution is -0.142. The second-order valence-corrected chi connectivity index (χ2v) is 4.65. The predicted octanol–water partition coefficient (Wildman–Crippen LogP) is 4.18. The lowest BCUT2D eigenvalue weighted by Crippen LogP contribution is -2.35. The number of hydrogen-bond donors (Lipinski definition) is 2. The molecule has 0 aliphatic heterocycles. The van der Waals surface area contributed by atoms with Crippen LogP contribution in [0.5, 0.6) is 0 Å². The molecule has 0 saturated carbocycles. The summed E-state index contributed by atoms with van der Waals surface area (Å²) in [5.74, 6) is -4.79. The van der Waals surface area contributed by atoms with Gasteiger partial charge in [0.25, 0.3) is 0 Å². The van der Waals surface area contributed by atoms with Crippen molar-refractivity contribution in [3.05, 3.63) is 27.7 Å². The Morgan fingerprint density at radius 2 is 2.00 bits per heavy atom. The molecule has 1 atom stereocenters. The molecule has 20 heavy (non-hydrogen) atoms. The third-order valence-corrected chi connectivity index (χ3v) is 3.28. The first kappa shape index (κ1) is 16.7. The summed E-state index contributed by atoms with van der Waals surface area (Å²) in [6.07, 6.45) is -4.97. The zero-order valence-electron chi connectivity index (χ0n) is 9.99. The predicted molar refractivity (Wildman–Crippen MR) is 64.8 cm³/mol. The van der Waals surface area contributed by atoms with Crippen LogP contribution in [-0.2, 0) is 0 Å². The van der Waals surface area contributed by atoms with Gasteiger partial charge < -0.3 is 10.4 Å². The first-order valence-corrected chi connectivity index (χ1v) is 6.12. The molecule has 0 fully saturated rings. The lowest BCUT2D eigenvalue weighted by Gasteiger charge is -2.22. The van der Waals surface area contributed by atoms with Crippen molar-refractivity contribution in [2.45, 2.75) is 25.6 Å². The third kappa shape index (κ3) is 3.38. The van der Waals surface area contributed by atoms with Crippen LogP contribution in [0.4, 0.5) is 27.6 Å². The Bertz CT molecular complexity index is 533. The molecule has 0 amide bonds. The van der Waals surface area contributed by atoms with Crippen LogP contribution in [0.3, 0.4) is 0 Å². The number of anilines is 1. The first-order chi connectivity index (χ1) is 9.09. The van der Waals surface area contributed by atoms with Crippen LogP contribution >= 0.6 is 15.9 Å². The van der Waals surface area contributed by atoms with Gasteiger partial charge >= 0.3 is 12.1 Å². The van der Waals surface area contributed by atoms with Gasteiger partial charge in [-0.25, -0.2) is 13.6 Å². The lowest BCUT2D eigenvalue weighted by atomic mass is 10.1. The van der Waals surface area contributed by atoms with E-state index in [0.29, 0.717) is 6.07 Å². The Hall–Kier alpha value is -1.38. The second-order valence-electron chi connectivity index (χ2n) is 3.86. The summed E-state index contributed by atoms with van der Waals surface area (Å²) >= 11 is 2.62. The molecular formula is C11H9BrF5NO2. The molecule has 0 heterocycles. The number of hydrogen-bond acceptors (Lipinski definition) is 2. The van der Waals surface area contributed by atoms with E-state index in [9.17, 15) is 26.7 Å². The summed E-state index contributed by atoms with van der Waals surface area (Å²) in [6, 6.07) is -1.50. The van der Waals surface area contributed by atoms with Gasteiger partial charge in [-0.05, 0) is 28.4 Å². The number of carboxylic acid groups (broad SMARTS) is 1. The van der Waals surface area contributed by atoms with Gasteiger partial charge in [0.2, 0.25) is 0 Å². The van der Waals surface area contributed by atoms with Gasteiger partial charge in [0.1, 0.15) is 17.4 Å². The molecule has 112 valence electrons. The number of halogens is 6. The molecule has 0 aliphatic rings. The summed E-state index contributed by atoms with van der Waals surface area (Å²) in [4.78, 5) is 10.6. The van der Waals surface area contributed by atoms with Gasteiger partial charge in [-0.2, -0.15) is 13.2 Å². The van der Waals surface area contributed by atoms with E-state index >= 15 is 0 Å². The number of alkyl halides is 3. The normalized spacial score (nSPS) is 13.2. The molecule has 0 bridgehead atoms. The Labute approximate surface area is 118 Å². The highest BCUT2D eigenvalue weighted by Crippen LogP contribution is 2.33. The van der Waals surface area contributed by atoms with Crippen LogP contribution < -0.4 is 5.32 Å². The molecule has 0 aromatic heterocycles. The molecule has 1 aromatic rings. The van der Waals surface area contributed by atoms with E-state index in [-0.39, 0.29) is 6.42 Å². The Kier molecular flexibility index (Phi) is 4.95. The molecule has 1 aromatic carbocycles. The molecule has 1 rings (SSSR count). The van der Waals surface area contributed by atoms with Crippen molar-refractivity contribution in [1.82, 2.24) is 0 Å². The standard InChI is InChI=1S/C11H9BrF5NO2/c1-2-6(11(15,16)17)18-5-3-4(13)7(10(19)20)9(14)8(5)12/h3,6,18H,2H2,1H3,(H,19,20)/t6-/m1/s1. The number of benzene rings is 1. The number of aromatic carboxylic acids is 1. The van der Waals surface area contributed by atoms with E-state index in [1.54, 1.807) is 0 Å². The summed E-state index contributed by atoms with van der Waals surface area (Å²) in [7, 11) is 0. The minimum absolute atomic E-state index is 0.361. The van der Waals surface area contributed by atoms with Crippen molar-refractivity contribution in [3.63, 3.8) is 0 Å². The van der Waals surface area contributed by atoms with Crippen molar-refractivity contribution >= 4 is 27.6 Å². The zero-order chi connectivity index (χ0) is 15.7.